The minimum Gasteiger partial charge on any atom is -0.341 e. The third-order valence-corrected chi connectivity index (χ3v) is 2.72. The summed E-state index contributed by atoms with van der Waals surface area (Å²) in [7, 11) is 0. The molecule has 0 bridgehead atoms. The Labute approximate surface area is 81.6 Å². The van der Waals surface area contributed by atoms with Gasteiger partial charge in [0, 0.05) is 18.2 Å². The van der Waals surface area contributed by atoms with E-state index in [0.29, 0.717) is 0 Å². The second kappa shape index (κ2) is 2.54. The Morgan fingerprint density at radius 3 is 3.07 bits per heavy atom. The van der Waals surface area contributed by atoms with Crippen molar-refractivity contribution in [3.63, 3.8) is 0 Å². The molecule has 2 aromatic rings. The van der Waals surface area contributed by atoms with Gasteiger partial charge in [-0.05, 0) is 25.0 Å². The molecule has 2 aromatic heterocycles. The molecule has 1 saturated carbocycles. The van der Waals surface area contributed by atoms with Crippen molar-refractivity contribution in [1.82, 2.24) is 15.0 Å². The highest BCUT2D eigenvalue weighted by Crippen LogP contribution is 2.35. The van der Waals surface area contributed by atoms with E-state index in [1.165, 1.54) is 0 Å². The summed E-state index contributed by atoms with van der Waals surface area (Å²) in [6.45, 7) is 0. The molecule has 4 heteroatoms. The topological polar surface area (TPSA) is 67.6 Å². The van der Waals surface area contributed by atoms with Crippen molar-refractivity contribution < 1.29 is 0 Å². The minimum absolute atomic E-state index is 0.00781. The van der Waals surface area contributed by atoms with Gasteiger partial charge in [0.25, 0.3) is 0 Å². The van der Waals surface area contributed by atoms with Gasteiger partial charge in [-0.25, -0.2) is 9.97 Å². The van der Waals surface area contributed by atoms with E-state index in [-0.39, 0.29) is 5.54 Å². The van der Waals surface area contributed by atoms with Crippen molar-refractivity contribution >= 4 is 11.2 Å². The first-order valence-corrected chi connectivity index (χ1v) is 4.84. The lowest BCUT2D eigenvalue weighted by atomic mass is 10.2. The second-order valence-corrected chi connectivity index (χ2v) is 4.10. The molecule has 14 heavy (non-hydrogen) atoms. The van der Waals surface area contributed by atoms with Gasteiger partial charge in [0.2, 0.25) is 0 Å². The molecule has 0 amide bonds. The lowest BCUT2D eigenvalue weighted by Gasteiger charge is -2.03. The van der Waals surface area contributed by atoms with Crippen molar-refractivity contribution in [2.24, 2.45) is 5.73 Å². The fourth-order valence-electron chi connectivity index (χ4n) is 1.65. The molecular formula is C10H12N4. The average Bonchev–Trinajstić information content (AvgIpc) is 2.77. The van der Waals surface area contributed by atoms with Gasteiger partial charge in [0.1, 0.15) is 5.82 Å². The van der Waals surface area contributed by atoms with Crippen LogP contribution in [0.4, 0.5) is 0 Å². The number of hydrogen-bond acceptors (Lipinski definition) is 3. The molecular weight excluding hydrogens is 176 g/mol. The smallest absolute Gasteiger partial charge is 0.177 e. The van der Waals surface area contributed by atoms with Crippen LogP contribution in [0.1, 0.15) is 18.7 Å². The summed E-state index contributed by atoms with van der Waals surface area (Å²) in [6.07, 6.45) is 4.81. The Balaban J connectivity index is 1.98. The van der Waals surface area contributed by atoms with E-state index in [2.05, 4.69) is 15.0 Å². The van der Waals surface area contributed by atoms with Gasteiger partial charge in [-0.3, -0.25) is 0 Å². The molecule has 1 aliphatic carbocycles. The maximum Gasteiger partial charge on any atom is 0.177 e. The number of pyridine rings is 1. The Kier molecular flexibility index (Phi) is 1.44. The quantitative estimate of drug-likeness (QED) is 0.738. The molecule has 72 valence electrons. The van der Waals surface area contributed by atoms with Crippen molar-refractivity contribution in [3.8, 4) is 0 Å². The number of aromatic nitrogens is 3. The van der Waals surface area contributed by atoms with Gasteiger partial charge in [-0.1, -0.05) is 0 Å². The molecule has 3 N–H and O–H groups in total. The Bertz CT molecular complexity index is 437. The van der Waals surface area contributed by atoms with Crippen LogP contribution in [0.5, 0.6) is 0 Å². The van der Waals surface area contributed by atoms with Crippen molar-refractivity contribution in [2.75, 3.05) is 0 Å². The monoisotopic (exact) mass is 188 g/mol. The molecule has 2 heterocycles. The highest BCUT2D eigenvalue weighted by molar-refractivity contribution is 5.69. The summed E-state index contributed by atoms with van der Waals surface area (Å²) >= 11 is 0. The van der Waals surface area contributed by atoms with Crippen LogP contribution in [0.15, 0.2) is 18.3 Å². The molecule has 3 rings (SSSR count). The molecule has 1 aliphatic rings. The Morgan fingerprint density at radius 1 is 1.50 bits per heavy atom. The minimum atomic E-state index is 0.00781. The van der Waals surface area contributed by atoms with Crippen LogP contribution in [0, 0.1) is 0 Å². The molecule has 0 saturated heterocycles. The fourth-order valence-corrected chi connectivity index (χ4v) is 1.65. The summed E-state index contributed by atoms with van der Waals surface area (Å²) in [4.78, 5) is 11.8. The zero-order valence-corrected chi connectivity index (χ0v) is 7.83. The number of aromatic amines is 1. The molecule has 0 unspecified atom stereocenters. The number of H-pyrrole nitrogens is 1. The maximum absolute atomic E-state index is 6.02. The highest BCUT2D eigenvalue weighted by Gasteiger charge is 2.38. The molecule has 0 atom stereocenters. The third-order valence-electron chi connectivity index (χ3n) is 2.72. The Morgan fingerprint density at radius 2 is 2.36 bits per heavy atom. The zero-order valence-electron chi connectivity index (χ0n) is 7.83. The average molecular weight is 188 g/mol. The Hall–Kier alpha value is -1.42. The van der Waals surface area contributed by atoms with Crippen molar-refractivity contribution in [2.45, 2.75) is 24.8 Å². The zero-order chi connectivity index (χ0) is 9.60. The van der Waals surface area contributed by atoms with Crippen LogP contribution >= 0.6 is 0 Å². The first-order valence-electron chi connectivity index (χ1n) is 4.84. The molecule has 0 spiro atoms. The van der Waals surface area contributed by atoms with Crippen LogP contribution in [0.25, 0.3) is 11.2 Å². The lowest BCUT2D eigenvalue weighted by Crippen LogP contribution is -2.25. The predicted octanol–water partition coefficient (Wildman–Crippen LogP) is 0.992. The molecule has 4 nitrogen and oxygen atoms in total. The van der Waals surface area contributed by atoms with E-state index < -0.39 is 0 Å². The number of rotatable bonds is 2. The van der Waals surface area contributed by atoms with Crippen molar-refractivity contribution in [1.29, 1.82) is 0 Å². The van der Waals surface area contributed by atoms with Gasteiger partial charge >= 0.3 is 0 Å². The number of nitrogens with zero attached hydrogens (tertiary/aromatic N) is 2. The highest BCUT2D eigenvalue weighted by atomic mass is 15.0. The summed E-state index contributed by atoms with van der Waals surface area (Å²) < 4.78 is 0. The summed E-state index contributed by atoms with van der Waals surface area (Å²) in [5.74, 6) is 0.957. The largest absolute Gasteiger partial charge is 0.341 e. The standard InChI is InChI=1S/C10H12N4/c11-10(3-4-10)6-8-13-7-2-1-5-12-9(7)14-8/h1-2,5H,3-4,6,11H2,(H,12,13,14). The second-order valence-electron chi connectivity index (χ2n) is 4.10. The molecule has 0 aromatic carbocycles. The van der Waals surface area contributed by atoms with E-state index in [1.54, 1.807) is 6.20 Å². The van der Waals surface area contributed by atoms with Gasteiger partial charge in [0.15, 0.2) is 5.65 Å². The van der Waals surface area contributed by atoms with Crippen LogP contribution in [0.3, 0.4) is 0 Å². The number of nitrogens with one attached hydrogen (secondary N) is 1. The first kappa shape index (κ1) is 7.94. The summed E-state index contributed by atoms with van der Waals surface area (Å²) in [6, 6.07) is 3.88. The third kappa shape index (κ3) is 1.28. The van der Waals surface area contributed by atoms with E-state index in [0.717, 1.165) is 36.3 Å². The van der Waals surface area contributed by atoms with Gasteiger partial charge in [-0.15, -0.1) is 0 Å². The number of imidazole rings is 1. The van der Waals surface area contributed by atoms with E-state index >= 15 is 0 Å². The van der Waals surface area contributed by atoms with Crippen LogP contribution < -0.4 is 5.73 Å². The maximum atomic E-state index is 6.02. The predicted molar refractivity (Wildman–Crippen MR) is 53.7 cm³/mol. The van der Waals surface area contributed by atoms with E-state index in [1.807, 2.05) is 12.1 Å². The number of hydrogen-bond donors (Lipinski definition) is 2. The fraction of sp³-hybridized carbons (Fsp3) is 0.400. The van der Waals surface area contributed by atoms with Crippen LogP contribution in [0.2, 0.25) is 0 Å². The number of nitrogens with two attached hydrogens (primary N) is 1. The van der Waals surface area contributed by atoms with Gasteiger partial charge in [0.05, 0.1) is 5.52 Å². The van der Waals surface area contributed by atoms with E-state index in [4.69, 9.17) is 5.73 Å². The lowest BCUT2D eigenvalue weighted by molar-refractivity contribution is 0.650. The van der Waals surface area contributed by atoms with Crippen molar-refractivity contribution in [3.05, 3.63) is 24.2 Å². The van der Waals surface area contributed by atoms with E-state index in [9.17, 15) is 0 Å². The summed E-state index contributed by atoms with van der Waals surface area (Å²) in [5, 5.41) is 0. The van der Waals surface area contributed by atoms with Crippen LogP contribution in [-0.4, -0.2) is 20.5 Å². The van der Waals surface area contributed by atoms with Gasteiger partial charge < -0.3 is 10.7 Å². The normalized spacial score (nSPS) is 18.6. The molecule has 1 fully saturated rings. The molecule has 0 radical (unpaired) electrons. The molecule has 0 aliphatic heterocycles. The first-order chi connectivity index (χ1) is 6.75. The van der Waals surface area contributed by atoms with Crippen LogP contribution in [-0.2, 0) is 6.42 Å². The summed E-state index contributed by atoms with van der Waals surface area (Å²) in [5.41, 5.74) is 7.80. The SMILES string of the molecule is NC1(Cc2nc3ncccc3[nH]2)CC1. The van der Waals surface area contributed by atoms with Gasteiger partial charge in [-0.2, -0.15) is 0 Å². The number of fused-ring (bicyclic) bond motifs is 1.